The number of nitrogens with zero attached hydrogens (tertiary/aromatic N) is 5. The summed E-state index contributed by atoms with van der Waals surface area (Å²) in [5, 5.41) is 7.01. The molecular weight excluding hydrogens is 699 g/mol. The van der Waals surface area contributed by atoms with Crippen molar-refractivity contribution < 1.29 is 4.42 Å². The van der Waals surface area contributed by atoms with E-state index in [1.807, 2.05) is 54.6 Å². The Balaban J connectivity index is 1.07. The minimum absolute atomic E-state index is 0.583. The molecule has 12 aromatic rings. The topological polar surface area (TPSA) is 61.7 Å². The summed E-state index contributed by atoms with van der Waals surface area (Å²) >= 11 is 0. The van der Waals surface area contributed by atoms with Crippen LogP contribution < -0.4 is 0 Å². The first-order valence-electron chi connectivity index (χ1n) is 19.1. The van der Waals surface area contributed by atoms with Crippen LogP contribution >= 0.6 is 0 Å². The molecule has 57 heavy (non-hydrogen) atoms. The minimum Gasteiger partial charge on any atom is -0.456 e. The molecule has 0 saturated carbocycles. The average Bonchev–Trinajstić information content (AvgIpc) is 3.93. The van der Waals surface area contributed by atoms with Crippen molar-refractivity contribution in [3.05, 3.63) is 188 Å². The van der Waals surface area contributed by atoms with Crippen molar-refractivity contribution in [1.29, 1.82) is 0 Å². The van der Waals surface area contributed by atoms with Gasteiger partial charge in [-0.1, -0.05) is 121 Å². The average molecular weight is 730 g/mol. The van der Waals surface area contributed by atoms with Crippen molar-refractivity contribution in [3.63, 3.8) is 0 Å². The summed E-state index contributed by atoms with van der Waals surface area (Å²) in [6.07, 6.45) is 0. The van der Waals surface area contributed by atoms with E-state index in [0.717, 1.165) is 66.6 Å². The summed E-state index contributed by atoms with van der Waals surface area (Å²) < 4.78 is 11.0. The van der Waals surface area contributed by atoms with Crippen LogP contribution in [0.25, 0.3) is 111 Å². The van der Waals surface area contributed by atoms with E-state index in [1.165, 1.54) is 27.1 Å². The molecule has 4 aromatic heterocycles. The fourth-order valence-corrected chi connectivity index (χ4v) is 8.56. The highest BCUT2D eigenvalue weighted by atomic mass is 16.3. The first-order valence-corrected chi connectivity index (χ1v) is 19.1. The first-order chi connectivity index (χ1) is 28.2. The number of fused-ring (bicyclic) bond motifs is 9. The summed E-state index contributed by atoms with van der Waals surface area (Å²) in [6, 6.07) is 65.7. The Morgan fingerprint density at radius 3 is 1.51 bits per heavy atom. The predicted octanol–water partition coefficient (Wildman–Crippen LogP) is 13.0. The Morgan fingerprint density at radius 2 is 0.807 bits per heavy atom. The lowest BCUT2D eigenvalue weighted by Gasteiger charge is -2.12. The van der Waals surface area contributed by atoms with Gasteiger partial charge in [0.25, 0.3) is 0 Å². The summed E-state index contributed by atoms with van der Waals surface area (Å²) in [7, 11) is 0. The van der Waals surface area contributed by atoms with Crippen molar-refractivity contribution in [1.82, 2.24) is 24.1 Å². The normalized spacial score (nSPS) is 11.9. The Hall–Kier alpha value is -7.83. The van der Waals surface area contributed by atoms with Gasteiger partial charge in [-0.3, -0.25) is 0 Å². The molecule has 12 rings (SSSR count). The zero-order valence-electron chi connectivity index (χ0n) is 30.5. The Morgan fingerprint density at radius 1 is 0.298 bits per heavy atom. The fourth-order valence-electron chi connectivity index (χ4n) is 8.56. The van der Waals surface area contributed by atoms with Gasteiger partial charge in [-0.15, -0.1) is 0 Å². The van der Waals surface area contributed by atoms with E-state index in [0.29, 0.717) is 17.5 Å². The van der Waals surface area contributed by atoms with Crippen molar-refractivity contribution in [2.45, 2.75) is 0 Å². The predicted molar refractivity (Wildman–Crippen MR) is 232 cm³/mol. The maximum atomic E-state index is 6.27. The van der Waals surface area contributed by atoms with Crippen LogP contribution in [0.4, 0.5) is 0 Å². The molecule has 0 bridgehead atoms. The molecule has 0 amide bonds. The SMILES string of the molecule is c1ccc(-c2nc(-c3cccc(-n4c5ccccc5c5cc6c7ccccc7n(-c7ccccc7)c6cc54)c3)nc(-c3ccc4c(c3)oc3ccccc34)n2)cc1. The molecule has 0 unspecified atom stereocenters. The maximum absolute atomic E-state index is 6.27. The standard InChI is InChI=1S/C51H31N5O/c1-3-14-32(15-4-1)49-52-50(54-51(53-49)34-26-27-40-39-22-9-12-25-47(39)57-48(40)29-34)33-16-13-19-36(28-33)56-44-24-11-8-21-38(44)42-30-41-37-20-7-10-23-43(37)55(45(41)31-46(42)56)35-17-5-2-6-18-35/h1-31H. The van der Waals surface area contributed by atoms with Crippen LogP contribution in [0, 0.1) is 0 Å². The zero-order valence-corrected chi connectivity index (χ0v) is 30.5. The third kappa shape index (κ3) is 4.94. The zero-order chi connectivity index (χ0) is 37.5. The summed E-state index contributed by atoms with van der Waals surface area (Å²) in [4.78, 5) is 15.3. The summed E-state index contributed by atoms with van der Waals surface area (Å²) in [5.41, 5.74) is 11.1. The number of hydrogen-bond donors (Lipinski definition) is 0. The third-order valence-corrected chi connectivity index (χ3v) is 11.1. The lowest BCUT2D eigenvalue weighted by Crippen LogP contribution is -2.01. The highest BCUT2D eigenvalue weighted by molar-refractivity contribution is 6.19. The van der Waals surface area contributed by atoms with E-state index in [2.05, 4.69) is 143 Å². The van der Waals surface area contributed by atoms with E-state index >= 15 is 0 Å². The number of aromatic nitrogens is 5. The monoisotopic (exact) mass is 729 g/mol. The maximum Gasteiger partial charge on any atom is 0.164 e. The van der Waals surface area contributed by atoms with Crippen LogP contribution in [0.15, 0.2) is 192 Å². The van der Waals surface area contributed by atoms with Gasteiger partial charge in [0.15, 0.2) is 17.5 Å². The largest absolute Gasteiger partial charge is 0.456 e. The quantitative estimate of drug-likeness (QED) is 0.177. The second-order valence-corrected chi connectivity index (χ2v) is 14.5. The van der Waals surface area contributed by atoms with E-state index in [4.69, 9.17) is 19.4 Å². The van der Waals surface area contributed by atoms with Gasteiger partial charge in [-0.2, -0.15) is 0 Å². The lowest BCUT2D eigenvalue weighted by atomic mass is 10.1. The number of hydrogen-bond acceptors (Lipinski definition) is 4. The molecule has 0 aliphatic heterocycles. The number of benzene rings is 8. The van der Waals surface area contributed by atoms with Gasteiger partial charge in [-0.25, -0.2) is 15.0 Å². The van der Waals surface area contributed by atoms with Gasteiger partial charge < -0.3 is 13.6 Å². The molecule has 4 heterocycles. The highest BCUT2D eigenvalue weighted by Gasteiger charge is 2.20. The molecular formula is C51H31N5O. The molecule has 0 aliphatic carbocycles. The molecule has 0 radical (unpaired) electrons. The fraction of sp³-hybridized carbons (Fsp3) is 0. The van der Waals surface area contributed by atoms with Crippen LogP contribution in [0.3, 0.4) is 0 Å². The Bertz CT molecular complexity index is 3520. The van der Waals surface area contributed by atoms with Crippen LogP contribution in [-0.4, -0.2) is 24.1 Å². The number of rotatable bonds is 5. The van der Waals surface area contributed by atoms with E-state index in [-0.39, 0.29) is 0 Å². The van der Waals surface area contributed by atoms with Crippen LogP contribution in [0.1, 0.15) is 0 Å². The number of furan rings is 1. The second-order valence-electron chi connectivity index (χ2n) is 14.5. The van der Waals surface area contributed by atoms with Crippen LogP contribution in [-0.2, 0) is 0 Å². The summed E-state index contributed by atoms with van der Waals surface area (Å²) in [6.45, 7) is 0. The molecule has 8 aromatic carbocycles. The molecule has 0 saturated heterocycles. The molecule has 6 heteroatoms. The smallest absolute Gasteiger partial charge is 0.164 e. The third-order valence-electron chi connectivity index (χ3n) is 11.1. The van der Waals surface area contributed by atoms with Crippen LogP contribution in [0.2, 0.25) is 0 Å². The van der Waals surface area contributed by atoms with E-state index in [1.54, 1.807) is 0 Å². The second kappa shape index (κ2) is 12.3. The van der Waals surface area contributed by atoms with Crippen molar-refractivity contribution in [2.75, 3.05) is 0 Å². The number of para-hydroxylation sites is 4. The molecule has 0 fully saturated rings. The Kier molecular flexibility index (Phi) is 6.83. The molecule has 0 aliphatic rings. The minimum atomic E-state index is 0.583. The van der Waals surface area contributed by atoms with Crippen molar-refractivity contribution >= 4 is 65.6 Å². The molecule has 0 spiro atoms. The van der Waals surface area contributed by atoms with Crippen molar-refractivity contribution in [3.8, 4) is 45.5 Å². The highest BCUT2D eigenvalue weighted by Crippen LogP contribution is 2.40. The van der Waals surface area contributed by atoms with Gasteiger partial charge in [0.1, 0.15) is 11.2 Å². The van der Waals surface area contributed by atoms with Gasteiger partial charge in [0.05, 0.1) is 22.1 Å². The van der Waals surface area contributed by atoms with Gasteiger partial charge >= 0.3 is 0 Å². The summed E-state index contributed by atoms with van der Waals surface area (Å²) in [5.74, 6) is 1.79. The van der Waals surface area contributed by atoms with Gasteiger partial charge in [0, 0.05) is 60.4 Å². The van der Waals surface area contributed by atoms with Crippen molar-refractivity contribution in [2.24, 2.45) is 0 Å². The van der Waals surface area contributed by atoms with E-state index < -0.39 is 0 Å². The Labute approximate surface area is 326 Å². The van der Waals surface area contributed by atoms with Gasteiger partial charge in [0.2, 0.25) is 0 Å². The van der Waals surface area contributed by atoms with Gasteiger partial charge in [-0.05, 0) is 66.7 Å². The first kappa shape index (κ1) is 31.5. The van der Waals surface area contributed by atoms with E-state index in [9.17, 15) is 0 Å². The van der Waals surface area contributed by atoms with Crippen LogP contribution in [0.5, 0.6) is 0 Å². The molecule has 0 N–H and O–H groups in total. The lowest BCUT2D eigenvalue weighted by molar-refractivity contribution is 0.669. The molecule has 266 valence electrons. The molecule has 0 atom stereocenters. The molecule has 6 nitrogen and oxygen atoms in total.